The second-order valence-electron chi connectivity index (χ2n) is 9.21. The zero-order chi connectivity index (χ0) is 21.2. The number of hydrogen-bond donors (Lipinski definition) is 1. The van der Waals surface area contributed by atoms with Crippen molar-refractivity contribution in [3.8, 4) is 17.3 Å². The van der Waals surface area contributed by atoms with E-state index in [4.69, 9.17) is 4.74 Å². The van der Waals surface area contributed by atoms with Crippen LogP contribution in [0.1, 0.15) is 32.7 Å². The smallest absolute Gasteiger partial charge is 0.148 e. The molecule has 2 saturated heterocycles. The Bertz CT molecular complexity index is 946. The van der Waals surface area contributed by atoms with Gasteiger partial charge in [0.25, 0.3) is 0 Å². The first-order chi connectivity index (χ1) is 15.2. The lowest BCUT2D eigenvalue weighted by molar-refractivity contribution is 0.0545. The maximum atomic E-state index is 13.6. The van der Waals surface area contributed by atoms with Crippen LogP contribution in [0.15, 0.2) is 30.3 Å². The summed E-state index contributed by atoms with van der Waals surface area (Å²) in [7, 11) is 0. The van der Waals surface area contributed by atoms with Crippen molar-refractivity contribution in [1.29, 1.82) is 5.26 Å². The molecule has 31 heavy (non-hydrogen) atoms. The predicted octanol–water partition coefficient (Wildman–Crippen LogP) is 3.95. The molecule has 2 aliphatic heterocycles. The number of ether oxygens (including phenoxy) is 1. The molecule has 164 valence electrons. The number of likely N-dealkylation sites (tertiary alicyclic amines) is 1. The number of rotatable bonds is 5. The van der Waals surface area contributed by atoms with Gasteiger partial charge < -0.3 is 15.0 Å². The first-order valence-corrected chi connectivity index (χ1v) is 11.3. The number of benzene rings is 1. The van der Waals surface area contributed by atoms with Gasteiger partial charge in [-0.3, -0.25) is 0 Å². The standard InChI is InChI=1S/C24H28FN5O.H2/c25-20-2-1-17(12-26)22(11-20)23-3-4-24(29-28-23)27-21-9-18-14-30(15-19(18)10-21)13-16-5-7-31-8-6-16;/h1-4,11,16,18-19,21H,5-10,13-15H2,(H,27,29);1H/t18-,19+,21?;. The van der Waals surface area contributed by atoms with Crippen molar-refractivity contribution in [2.45, 2.75) is 31.7 Å². The third-order valence-electron chi connectivity index (χ3n) is 7.08. The molecule has 1 aromatic carbocycles. The highest BCUT2D eigenvalue weighted by Crippen LogP contribution is 2.39. The van der Waals surface area contributed by atoms with E-state index in [1.165, 1.54) is 63.5 Å². The molecule has 3 fully saturated rings. The number of anilines is 1. The number of nitriles is 1. The maximum absolute atomic E-state index is 13.6. The zero-order valence-corrected chi connectivity index (χ0v) is 17.6. The van der Waals surface area contributed by atoms with E-state index in [9.17, 15) is 9.65 Å². The van der Waals surface area contributed by atoms with E-state index >= 15 is 0 Å². The molecule has 0 radical (unpaired) electrons. The van der Waals surface area contributed by atoms with Crippen LogP contribution < -0.4 is 5.32 Å². The fourth-order valence-electron chi connectivity index (χ4n) is 5.55. The molecule has 5 rings (SSSR count). The molecule has 3 aliphatic rings. The number of aromatic nitrogens is 2. The monoisotopic (exact) mass is 423 g/mol. The Kier molecular flexibility index (Phi) is 5.84. The lowest BCUT2D eigenvalue weighted by Gasteiger charge is -2.27. The third-order valence-corrected chi connectivity index (χ3v) is 7.08. The average molecular weight is 424 g/mol. The van der Waals surface area contributed by atoms with Crippen molar-refractivity contribution < 1.29 is 10.6 Å². The first kappa shape index (κ1) is 20.3. The van der Waals surface area contributed by atoms with Gasteiger partial charge in [0.05, 0.1) is 17.3 Å². The van der Waals surface area contributed by atoms with E-state index in [-0.39, 0.29) is 7.24 Å². The summed E-state index contributed by atoms with van der Waals surface area (Å²) in [4.78, 5) is 2.67. The highest BCUT2D eigenvalue weighted by atomic mass is 19.1. The Morgan fingerprint density at radius 1 is 1.13 bits per heavy atom. The average Bonchev–Trinajstić information content (AvgIpc) is 3.33. The fraction of sp³-hybridized carbons (Fsp3) is 0.542. The maximum Gasteiger partial charge on any atom is 0.148 e. The third kappa shape index (κ3) is 4.56. The van der Waals surface area contributed by atoms with Gasteiger partial charge in [-0.15, -0.1) is 10.2 Å². The van der Waals surface area contributed by atoms with Gasteiger partial charge in [0.15, 0.2) is 0 Å². The summed E-state index contributed by atoms with van der Waals surface area (Å²) in [6.07, 6.45) is 4.74. The van der Waals surface area contributed by atoms with Crippen molar-refractivity contribution in [2.24, 2.45) is 17.8 Å². The van der Waals surface area contributed by atoms with E-state index < -0.39 is 0 Å². The predicted molar refractivity (Wildman–Crippen MR) is 118 cm³/mol. The Labute approximate surface area is 183 Å². The van der Waals surface area contributed by atoms with Crippen molar-refractivity contribution in [3.05, 3.63) is 41.7 Å². The van der Waals surface area contributed by atoms with Crippen LogP contribution in [0, 0.1) is 34.9 Å². The van der Waals surface area contributed by atoms with E-state index in [1.807, 2.05) is 6.07 Å². The van der Waals surface area contributed by atoms with Gasteiger partial charge in [-0.2, -0.15) is 5.26 Å². The van der Waals surface area contributed by atoms with Gasteiger partial charge in [0.1, 0.15) is 11.6 Å². The van der Waals surface area contributed by atoms with Crippen LogP contribution in [0.5, 0.6) is 0 Å². The molecule has 1 aliphatic carbocycles. The van der Waals surface area contributed by atoms with E-state index in [0.29, 0.717) is 22.9 Å². The molecule has 7 heteroatoms. The minimum absolute atomic E-state index is 0. The molecule has 0 spiro atoms. The SMILES string of the molecule is N#Cc1ccc(F)cc1-c1ccc(NC2C[C@@H]3CN(CC4CCOCC4)C[C@@H]3C2)nn1.[HH]. The summed E-state index contributed by atoms with van der Waals surface area (Å²) >= 11 is 0. The van der Waals surface area contributed by atoms with Gasteiger partial charge in [-0.25, -0.2) is 4.39 Å². The highest BCUT2D eigenvalue weighted by molar-refractivity contribution is 5.67. The van der Waals surface area contributed by atoms with Crippen molar-refractivity contribution >= 4 is 5.82 Å². The second kappa shape index (κ2) is 8.89. The zero-order valence-electron chi connectivity index (χ0n) is 17.6. The minimum Gasteiger partial charge on any atom is -0.381 e. The molecular formula is C24H30FN5O. The summed E-state index contributed by atoms with van der Waals surface area (Å²) < 4.78 is 19.1. The largest absolute Gasteiger partial charge is 0.381 e. The molecule has 0 bridgehead atoms. The van der Waals surface area contributed by atoms with Crippen molar-refractivity contribution in [3.63, 3.8) is 0 Å². The summed E-state index contributed by atoms with van der Waals surface area (Å²) in [5, 5.41) is 21.3. The highest BCUT2D eigenvalue weighted by Gasteiger charge is 2.41. The lowest BCUT2D eigenvalue weighted by Crippen LogP contribution is -2.32. The molecular weight excluding hydrogens is 393 g/mol. The van der Waals surface area contributed by atoms with Crippen LogP contribution in [0.4, 0.5) is 10.2 Å². The van der Waals surface area contributed by atoms with E-state index in [2.05, 4.69) is 26.5 Å². The number of halogens is 1. The van der Waals surface area contributed by atoms with E-state index in [0.717, 1.165) is 36.8 Å². The second-order valence-corrected chi connectivity index (χ2v) is 9.21. The summed E-state index contributed by atoms with van der Waals surface area (Å²) in [6.45, 7) is 5.50. The summed E-state index contributed by atoms with van der Waals surface area (Å²) in [6, 6.07) is 10.3. The minimum atomic E-state index is -0.388. The first-order valence-electron chi connectivity index (χ1n) is 11.3. The van der Waals surface area contributed by atoms with Crippen LogP contribution in [0.2, 0.25) is 0 Å². The van der Waals surface area contributed by atoms with Crippen LogP contribution in [0.3, 0.4) is 0 Å². The molecule has 6 nitrogen and oxygen atoms in total. The Morgan fingerprint density at radius 2 is 1.90 bits per heavy atom. The van der Waals surface area contributed by atoms with Gasteiger partial charge in [-0.1, -0.05) is 0 Å². The molecule has 0 amide bonds. The lowest BCUT2D eigenvalue weighted by atomic mass is 10.00. The molecule has 2 aromatic rings. The molecule has 1 N–H and O–H groups in total. The molecule has 3 atom stereocenters. The fourth-order valence-corrected chi connectivity index (χ4v) is 5.55. The topological polar surface area (TPSA) is 74.1 Å². The van der Waals surface area contributed by atoms with Gasteiger partial charge in [0, 0.05) is 45.9 Å². The summed E-state index contributed by atoms with van der Waals surface area (Å²) in [5.74, 6) is 2.67. The normalized spacial score (nSPS) is 26.5. The molecule has 1 unspecified atom stereocenters. The number of fused-ring (bicyclic) bond motifs is 1. The number of hydrogen-bond acceptors (Lipinski definition) is 6. The van der Waals surface area contributed by atoms with Crippen molar-refractivity contribution in [1.82, 2.24) is 15.1 Å². The summed E-state index contributed by atoms with van der Waals surface area (Å²) in [5.41, 5.74) is 1.38. The van der Waals surface area contributed by atoms with Crippen LogP contribution >= 0.6 is 0 Å². The number of nitrogens with zero attached hydrogens (tertiary/aromatic N) is 4. The van der Waals surface area contributed by atoms with Gasteiger partial charge >= 0.3 is 0 Å². The van der Waals surface area contributed by atoms with Crippen LogP contribution in [-0.4, -0.2) is 54.0 Å². The number of nitrogens with one attached hydrogen (secondary N) is 1. The van der Waals surface area contributed by atoms with E-state index in [1.54, 1.807) is 6.07 Å². The Morgan fingerprint density at radius 3 is 2.58 bits per heavy atom. The van der Waals surface area contributed by atoms with Gasteiger partial charge in [-0.05, 0) is 73.8 Å². The quantitative estimate of drug-likeness (QED) is 0.785. The van der Waals surface area contributed by atoms with Crippen LogP contribution in [-0.2, 0) is 4.74 Å². The van der Waals surface area contributed by atoms with Crippen molar-refractivity contribution in [2.75, 3.05) is 38.2 Å². The molecule has 3 heterocycles. The molecule has 1 saturated carbocycles. The van der Waals surface area contributed by atoms with Crippen LogP contribution in [0.25, 0.3) is 11.3 Å². The Balaban J connectivity index is 0.00000245. The Hall–Kier alpha value is -2.56. The molecule has 1 aromatic heterocycles. The van der Waals surface area contributed by atoms with Gasteiger partial charge in [0.2, 0.25) is 0 Å².